The van der Waals surface area contributed by atoms with Gasteiger partial charge in [0.1, 0.15) is 12.2 Å². The molecule has 0 radical (unpaired) electrons. The van der Waals surface area contributed by atoms with E-state index in [0.29, 0.717) is 6.54 Å². The first kappa shape index (κ1) is 13.3. The second kappa shape index (κ2) is 4.59. The Hall–Kier alpha value is -0.810. The molecule has 5 heteroatoms. The predicted molar refractivity (Wildman–Crippen MR) is 59.6 cm³/mol. The van der Waals surface area contributed by atoms with E-state index in [-0.39, 0.29) is 23.7 Å². The van der Waals surface area contributed by atoms with E-state index in [0.717, 1.165) is 0 Å². The zero-order valence-corrected chi connectivity index (χ0v) is 10.6. The van der Waals surface area contributed by atoms with Gasteiger partial charge in [0.25, 0.3) is 0 Å². The number of hydrogen-bond donors (Lipinski definition) is 1. The molecule has 0 saturated carbocycles. The number of carboxylic acid groups (broad SMARTS) is 1. The molecule has 94 valence electrons. The van der Waals surface area contributed by atoms with E-state index in [2.05, 4.69) is 0 Å². The molecule has 16 heavy (non-hydrogen) atoms. The summed E-state index contributed by atoms with van der Waals surface area (Å²) in [5.74, 6) is 0. The van der Waals surface area contributed by atoms with E-state index in [4.69, 9.17) is 9.47 Å². The second-order valence-corrected chi connectivity index (χ2v) is 5.22. The fourth-order valence-electron chi connectivity index (χ4n) is 2.44. The Bertz CT molecular complexity index is 261. The van der Waals surface area contributed by atoms with Gasteiger partial charge in [-0.3, -0.25) is 4.90 Å². The van der Waals surface area contributed by atoms with E-state index in [1.165, 1.54) is 4.90 Å². The first-order valence-corrected chi connectivity index (χ1v) is 5.38. The van der Waals surface area contributed by atoms with Crippen LogP contribution in [0.25, 0.3) is 0 Å². The van der Waals surface area contributed by atoms with Gasteiger partial charge in [0, 0.05) is 14.2 Å². The molecule has 1 aliphatic rings. The Morgan fingerprint density at radius 2 is 1.88 bits per heavy atom. The van der Waals surface area contributed by atoms with Crippen molar-refractivity contribution in [2.45, 2.75) is 39.0 Å². The van der Waals surface area contributed by atoms with Gasteiger partial charge in [-0.05, 0) is 5.41 Å². The third kappa shape index (κ3) is 2.30. The summed E-state index contributed by atoms with van der Waals surface area (Å²) in [6.45, 7) is 6.40. The van der Waals surface area contributed by atoms with Crippen molar-refractivity contribution in [1.82, 2.24) is 4.90 Å². The maximum atomic E-state index is 11.2. The Labute approximate surface area is 96.3 Å². The van der Waals surface area contributed by atoms with Crippen LogP contribution in [0.4, 0.5) is 4.79 Å². The van der Waals surface area contributed by atoms with Crippen LogP contribution >= 0.6 is 0 Å². The van der Waals surface area contributed by atoms with Crippen LogP contribution in [-0.2, 0) is 9.47 Å². The van der Waals surface area contributed by atoms with Crippen LogP contribution in [0.5, 0.6) is 0 Å². The summed E-state index contributed by atoms with van der Waals surface area (Å²) in [5.41, 5.74) is -0.174. The summed E-state index contributed by atoms with van der Waals surface area (Å²) in [7, 11) is 3.18. The monoisotopic (exact) mass is 231 g/mol. The van der Waals surface area contributed by atoms with Gasteiger partial charge >= 0.3 is 6.09 Å². The molecular formula is C11H21NO4. The van der Waals surface area contributed by atoms with Crippen molar-refractivity contribution in [1.29, 1.82) is 0 Å². The van der Waals surface area contributed by atoms with Crippen LogP contribution in [0.2, 0.25) is 0 Å². The lowest BCUT2D eigenvalue weighted by atomic mass is 9.83. The number of hydrogen-bond acceptors (Lipinski definition) is 3. The molecule has 0 aromatic carbocycles. The van der Waals surface area contributed by atoms with Crippen LogP contribution in [0.15, 0.2) is 0 Å². The molecule has 1 rings (SSSR count). The molecule has 0 aromatic rings. The molecule has 0 bridgehead atoms. The zero-order chi connectivity index (χ0) is 12.5. The van der Waals surface area contributed by atoms with Gasteiger partial charge in [0.05, 0.1) is 12.6 Å². The minimum Gasteiger partial charge on any atom is -0.465 e. The summed E-state index contributed by atoms with van der Waals surface area (Å²) >= 11 is 0. The molecular weight excluding hydrogens is 210 g/mol. The van der Waals surface area contributed by atoms with E-state index in [1.807, 2.05) is 20.8 Å². The Morgan fingerprint density at radius 3 is 2.19 bits per heavy atom. The highest BCUT2D eigenvalue weighted by Gasteiger charge is 2.49. The number of amides is 1. The average Bonchev–Trinajstić information content (AvgIpc) is 2.55. The highest BCUT2D eigenvalue weighted by molar-refractivity contribution is 5.66. The molecule has 0 aliphatic carbocycles. The fourth-order valence-corrected chi connectivity index (χ4v) is 2.44. The molecule has 0 spiro atoms. The van der Waals surface area contributed by atoms with Gasteiger partial charge in [0.2, 0.25) is 0 Å². The van der Waals surface area contributed by atoms with Crippen LogP contribution < -0.4 is 0 Å². The Morgan fingerprint density at radius 1 is 1.31 bits per heavy atom. The van der Waals surface area contributed by atoms with Crippen molar-refractivity contribution in [3.63, 3.8) is 0 Å². The Kier molecular flexibility index (Phi) is 3.80. The minimum atomic E-state index is -0.915. The third-order valence-corrected chi connectivity index (χ3v) is 3.10. The maximum absolute atomic E-state index is 11.2. The normalized spacial score (nSPS) is 30.8. The Balaban J connectivity index is 3.00. The zero-order valence-electron chi connectivity index (χ0n) is 10.6. The van der Waals surface area contributed by atoms with E-state index in [1.54, 1.807) is 14.2 Å². The standard InChI is InChI=1S/C11H21NO4/c1-11(2,3)9-8(16-5)7(15-4)6-12(9)10(13)14/h7-9H,6H2,1-5H3,(H,13,14)/t7-,8+,9?/m0/s1. The topological polar surface area (TPSA) is 59.0 Å². The van der Waals surface area contributed by atoms with Crippen molar-refractivity contribution < 1.29 is 19.4 Å². The van der Waals surface area contributed by atoms with E-state index < -0.39 is 6.09 Å². The van der Waals surface area contributed by atoms with Crippen molar-refractivity contribution in [3.8, 4) is 0 Å². The van der Waals surface area contributed by atoms with Gasteiger partial charge in [0.15, 0.2) is 0 Å². The molecule has 1 unspecified atom stereocenters. The lowest BCUT2D eigenvalue weighted by Crippen LogP contribution is -2.48. The molecule has 0 aromatic heterocycles. The molecule has 3 atom stereocenters. The van der Waals surface area contributed by atoms with Gasteiger partial charge < -0.3 is 14.6 Å². The molecule has 1 fully saturated rings. The van der Waals surface area contributed by atoms with Gasteiger partial charge in [-0.2, -0.15) is 0 Å². The summed E-state index contributed by atoms with van der Waals surface area (Å²) in [4.78, 5) is 12.6. The molecule has 1 amide bonds. The van der Waals surface area contributed by atoms with Crippen molar-refractivity contribution in [3.05, 3.63) is 0 Å². The van der Waals surface area contributed by atoms with Crippen LogP contribution in [0, 0.1) is 5.41 Å². The van der Waals surface area contributed by atoms with Crippen LogP contribution in [0.3, 0.4) is 0 Å². The first-order chi connectivity index (χ1) is 7.32. The third-order valence-electron chi connectivity index (χ3n) is 3.10. The molecule has 1 saturated heterocycles. The summed E-state index contributed by atoms with van der Waals surface area (Å²) in [6, 6.07) is -0.181. The van der Waals surface area contributed by atoms with Crippen molar-refractivity contribution in [2.24, 2.45) is 5.41 Å². The molecule has 1 N–H and O–H groups in total. The minimum absolute atomic E-state index is 0.174. The molecule has 1 heterocycles. The largest absolute Gasteiger partial charge is 0.465 e. The van der Waals surface area contributed by atoms with Gasteiger partial charge in [-0.25, -0.2) is 4.79 Å². The van der Waals surface area contributed by atoms with Crippen LogP contribution in [0.1, 0.15) is 20.8 Å². The molecule has 5 nitrogen and oxygen atoms in total. The van der Waals surface area contributed by atoms with E-state index in [9.17, 15) is 9.90 Å². The summed E-state index contributed by atoms with van der Waals surface area (Å²) in [5, 5.41) is 9.19. The highest BCUT2D eigenvalue weighted by atomic mass is 16.5. The number of nitrogens with zero attached hydrogens (tertiary/aromatic N) is 1. The predicted octanol–water partition coefficient (Wildman–Crippen LogP) is 1.42. The summed E-state index contributed by atoms with van der Waals surface area (Å²) < 4.78 is 10.7. The first-order valence-electron chi connectivity index (χ1n) is 5.38. The number of likely N-dealkylation sites (tertiary alicyclic amines) is 1. The summed E-state index contributed by atoms with van der Waals surface area (Å²) in [6.07, 6.45) is -1.31. The van der Waals surface area contributed by atoms with Crippen molar-refractivity contribution in [2.75, 3.05) is 20.8 Å². The quantitative estimate of drug-likeness (QED) is 0.781. The lowest BCUT2D eigenvalue weighted by molar-refractivity contribution is -0.0380. The maximum Gasteiger partial charge on any atom is 0.407 e. The number of ether oxygens (including phenoxy) is 2. The number of methoxy groups -OCH3 is 2. The fraction of sp³-hybridized carbons (Fsp3) is 0.909. The second-order valence-electron chi connectivity index (χ2n) is 5.22. The van der Waals surface area contributed by atoms with Crippen molar-refractivity contribution >= 4 is 6.09 Å². The smallest absolute Gasteiger partial charge is 0.407 e. The van der Waals surface area contributed by atoms with Gasteiger partial charge in [-0.15, -0.1) is 0 Å². The molecule has 1 aliphatic heterocycles. The number of rotatable bonds is 2. The number of carbonyl (C=O) groups is 1. The lowest BCUT2D eigenvalue weighted by Gasteiger charge is -2.36. The van der Waals surface area contributed by atoms with E-state index >= 15 is 0 Å². The van der Waals surface area contributed by atoms with Crippen LogP contribution in [-0.4, -0.2) is 55.1 Å². The average molecular weight is 231 g/mol. The highest BCUT2D eigenvalue weighted by Crippen LogP contribution is 2.35. The van der Waals surface area contributed by atoms with Gasteiger partial charge in [-0.1, -0.05) is 20.8 Å². The SMILES string of the molecule is CO[C@H]1CN(C(=O)O)C(C(C)(C)C)[C@@H]1OC.